The summed E-state index contributed by atoms with van der Waals surface area (Å²) in [5.74, 6) is 1.16. The molecule has 0 aromatic heterocycles. The molecule has 2 heteroatoms. The molecule has 0 aromatic rings. The van der Waals surface area contributed by atoms with Crippen LogP contribution in [0, 0.1) is 11.3 Å². The number of hydrogen-bond donors (Lipinski definition) is 1. The molecule has 0 aromatic carbocycles. The van der Waals surface area contributed by atoms with Crippen molar-refractivity contribution >= 4 is 5.91 Å². The quantitative estimate of drug-likeness (QED) is 0.632. The number of hydrogen-bond acceptors (Lipinski definition) is 1. The fraction of sp³-hybridized carbons (Fsp3) is 0.900. The van der Waals surface area contributed by atoms with E-state index in [1.807, 2.05) is 0 Å². The molecule has 12 heavy (non-hydrogen) atoms. The number of nitrogens with one attached hydrogen (secondary N) is 1. The molecule has 2 rings (SSSR count). The van der Waals surface area contributed by atoms with Gasteiger partial charge in [0.2, 0.25) is 5.91 Å². The normalized spacial score (nSPS) is 40.8. The van der Waals surface area contributed by atoms with Crippen LogP contribution in [0.1, 0.15) is 39.0 Å². The molecule has 2 atom stereocenters. The Morgan fingerprint density at radius 3 is 3.00 bits per heavy atom. The Hall–Kier alpha value is -0.530. The lowest BCUT2D eigenvalue weighted by Gasteiger charge is -2.19. The van der Waals surface area contributed by atoms with E-state index in [1.165, 1.54) is 25.7 Å². The van der Waals surface area contributed by atoms with Gasteiger partial charge in [-0.1, -0.05) is 13.3 Å². The van der Waals surface area contributed by atoms with E-state index in [-0.39, 0.29) is 5.91 Å². The third kappa shape index (κ3) is 1.23. The van der Waals surface area contributed by atoms with E-state index >= 15 is 0 Å². The summed E-state index contributed by atoms with van der Waals surface area (Å²) in [6, 6.07) is 0. The molecule has 1 aliphatic carbocycles. The number of carbonyl (C=O) groups excluding carboxylic acids is 1. The minimum absolute atomic E-state index is 0.270. The Balaban J connectivity index is 2.01. The van der Waals surface area contributed by atoms with Crippen molar-refractivity contribution in [2.45, 2.75) is 39.0 Å². The molecule has 1 amide bonds. The molecule has 1 spiro atoms. The van der Waals surface area contributed by atoms with Gasteiger partial charge >= 0.3 is 0 Å². The van der Waals surface area contributed by atoms with Gasteiger partial charge in [0.05, 0.1) is 0 Å². The average molecular weight is 167 g/mol. The van der Waals surface area contributed by atoms with E-state index in [9.17, 15) is 4.79 Å². The van der Waals surface area contributed by atoms with Crippen molar-refractivity contribution in [2.24, 2.45) is 11.3 Å². The van der Waals surface area contributed by atoms with Crippen LogP contribution in [0.2, 0.25) is 0 Å². The second-order valence-corrected chi connectivity index (χ2v) is 4.47. The van der Waals surface area contributed by atoms with Crippen LogP contribution in [0.25, 0.3) is 0 Å². The van der Waals surface area contributed by atoms with Crippen molar-refractivity contribution in [1.82, 2.24) is 5.32 Å². The third-order valence-electron chi connectivity index (χ3n) is 3.58. The van der Waals surface area contributed by atoms with Crippen LogP contribution in [-0.4, -0.2) is 12.5 Å². The Morgan fingerprint density at radius 1 is 1.67 bits per heavy atom. The molecular formula is C10H17NO. The van der Waals surface area contributed by atoms with E-state index in [2.05, 4.69) is 12.2 Å². The molecular weight excluding hydrogens is 150 g/mol. The second-order valence-electron chi connectivity index (χ2n) is 4.47. The van der Waals surface area contributed by atoms with Crippen LogP contribution >= 0.6 is 0 Å². The summed E-state index contributed by atoms with van der Waals surface area (Å²) in [6.45, 7) is 3.20. The van der Waals surface area contributed by atoms with Crippen molar-refractivity contribution in [1.29, 1.82) is 0 Å². The Morgan fingerprint density at radius 2 is 2.50 bits per heavy atom. The zero-order chi connectivity index (χ0) is 8.60. The van der Waals surface area contributed by atoms with Crippen LogP contribution < -0.4 is 5.32 Å². The minimum atomic E-state index is 0.270. The van der Waals surface area contributed by atoms with E-state index in [0.29, 0.717) is 5.41 Å². The summed E-state index contributed by atoms with van der Waals surface area (Å²) in [5.41, 5.74) is 0.373. The first-order valence-electron chi connectivity index (χ1n) is 5.01. The number of rotatable bonds is 1. The molecule has 0 radical (unpaired) electrons. The van der Waals surface area contributed by atoms with Crippen LogP contribution in [0.4, 0.5) is 0 Å². The van der Waals surface area contributed by atoms with Gasteiger partial charge in [-0.2, -0.15) is 0 Å². The van der Waals surface area contributed by atoms with Gasteiger partial charge in [-0.3, -0.25) is 4.79 Å². The molecule has 2 nitrogen and oxygen atoms in total. The summed E-state index contributed by atoms with van der Waals surface area (Å²) < 4.78 is 0. The van der Waals surface area contributed by atoms with Crippen LogP contribution in [0.15, 0.2) is 0 Å². The Bertz CT molecular complexity index is 202. The van der Waals surface area contributed by atoms with Gasteiger partial charge in [0.1, 0.15) is 0 Å². The maximum Gasteiger partial charge on any atom is 0.220 e. The zero-order valence-corrected chi connectivity index (χ0v) is 7.73. The monoisotopic (exact) mass is 167 g/mol. The first-order valence-corrected chi connectivity index (χ1v) is 5.01. The molecule has 0 bridgehead atoms. The summed E-state index contributed by atoms with van der Waals surface area (Å²) in [4.78, 5) is 11.1. The van der Waals surface area contributed by atoms with E-state index < -0.39 is 0 Å². The molecule has 1 N–H and O–H groups in total. The highest BCUT2D eigenvalue weighted by Crippen LogP contribution is 2.46. The maximum atomic E-state index is 11.1. The molecule has 2 aliphatic rings. The Labute approximate surface area is 73.7 Å². The second kappa shape index (κ2) is 2.75. The summed E-state index contributed by atoms with van der Waals surface area (Å²) in [7, 11) is 0. The van der Waals surface area contributed by atoms with Gasteiger partial charge in [0.15, 0.2) is 0 Å². The lowest BCUT2D eigenvalue weighted by atomic mass is 9.84. The lowest BCUT2D eigenvalue weighted by molar-refractivity contribution is -0.119. The highest BCUT2D eigenvalue weighted by atomic mass is 16.1. The summed E-state index contributed by atoms with van der Waals surface area (Å²) in [6.07, 6.45) is 5.97. The van der Waals surface area contributed by atoms with Crippen molar-refractivity contribution in [3.63, 3.8) is 0 Å². The van der Waals surface area contributed by atoms with Crippen LogP contribution in [0.5, 0.6) is 0 Å². The highest BCUT2D eigenvalue weighted by molar-refractivity contribution is 5.79. The lowest BCUT2D eigenvalue weighted by Crippen LogP contribution is -2.20. The van der Waals surface area contributed by atoms with Gasteiger partial charge in [0, 0.05) is 13.0 Å². The molecule has 1 saturated heterocycles. The van der Waals surface area contributed by atoms with Gasteiger partial charge in [-0.05, 0) is 30.6 Å². The standard InChI is InChI=1S/C10H17NO/c1-2-8-3-4-10(5-8)6-9(12)11-7-10/h8H,2-7H2,1H3,(H,11,12). The maximum absolute atomic E-state index is 11.1. The number of amides is 1. The number of carbonyl (C=O) groups is 1. The fourth-order valence-corrected chi connectivity index (χ4v) is 2.75. The molecule has 1 saturated carbocycles. The van der Waals surface area contributed by atoms with Crippen LogP contribution in [-0.2, 0) is 4.79 Å². The molecule has 1 heterocycles. The zero-order valence-electron chi connectivity index (χ0n) is 7.73. The van der Waals surface area contributed by atoms with Crippen molar-refractivity contribution in [3.05, 3.63) is 0 Å². The summed E-state index contributed by atoms with van der Waals surface area (Å²) >= 11 is 0. The SMILES string of the molecule is CCC1CCC2(CNC(=O)C2)C1. The predicted octanol–water partition coefficient (Wildman–Crippen LogP) is 1.70. The van der Waals surface area contributed by atoms with E-state index in [4.69, 9.17) is 0 Å². The van der Waals surface area contributed by atoms with Gasteiger partial charge in [-0.15, -0.1) is 0 Å². The first kappa shape index (κ1) is 8.09. The fourth-order valence-electron chi connectivity index (χ4n) is 2.75. The van der Waals surface area contributed by atoms with Crippen molar-refractivity contribution < 1.29 is 4.79 Å². The minimum Gasteiger partial charge on any atom is -0.356 e. The molecule has 1 aliphatic heterocycles. The van der Waals surface area contributed by atoms with Gasteiger partial charge in [0.25, 0.3) is 0 Å². The average Bonchev–Trinajstić information content (AvgIpc) is 2.61. The van der Waals surface area contributed by atoms with E-state index in [0.717, 1.165) is 18.9 Å². The largest absolute Gasteiger partial charge is 0.356 e. The summed E-state index contributed by atoms with van der Waals surface area (Å²) in [5, 5.41) is 2.96. The highest BCUT2D eigenvalue weighted by Gasteiger charge is 2.43. The van der Waals surface area contributed by atoms with Crippen LogP contribution in [0.3, 0.4) is 0 Å². The predicted molar refractivity (Wildman–Crippen MR) is 47.7 cm³/mol. The molecule has 2 unspecified atom stereocenters. The molecule has 68 valence electrons. The molecule has 2 fully saturated rings. The Kier molecular flexibility index (Phi) is 1.85. The smallest absolute Gasteiger partial charge is 0.220 e. The van der Waals surface area contributed by atoms with E-state index in [1.54, 1.807) is 0 Å². The topological polar surface area (TPSA) is 29.1 Å². The third-order valence-corrected chi connectivity index (χ3v) is 3.58. The van der Waals surface area contributed by atoms with Crippen molar-refractivity contribution in [2.75, 3.05) is 6.54 Å². The van der Waals surface area contributed by atoms with Gasteiger partial charge < -0.3 is 5.32 Å². The van der Waals surface area contributed by atoms with Gasteiger partial charge in [-0.25, -0.2) is 0 Å². The first-order chi connectivity index (χ1) is 5.74. The van der Waals surface area contributed by atoms with Crippen molar-refractivity contribution in [3.8, 4) is 0 Å².